The van der Waals surface area contributed by atoms with Crippen LogP contribution in [0.15, 0.2) is 40.4 Å². The lowest BCUT2D eigenvalue weighted by Crippen LogP contribution is -2.29. The van der Waals surface area contributed by atoms with Gasteiger partial charge in [-0.25, -0.2) is 0 Å². The second-order valence-corrected chi connectivity index (χ2v) is 7.67. The number of phenols is 1. The maximum Gasteiger partial charge on any atom is 0.193 e. The average molecular weight is 380 g/mol. The Bertz CT molecular complexity index is 1010. The maximum atomic E-state index is 13.1. The van der Waals surface area contributed by atoms with Gasteiger partial charge in [0, 0.05) is 16.6 Å². The maximum absolute atomic E-state index is 13.1. The molecule has 0 saturated heterocycles. The van der Waals surface area contributed by atoms with Crippen LogP contribution in [0.4, 0.5) is 0 Å². The summed E-state index contributed by atoms with van der Waals surface area (Å²) in [4.78, 5) is 13.1. The van der Waals surface area contributed by atoms with Gasteiger partial charge >= 0.3 is 0 Å². The molecule has 4 heteroatoms. The minimum Gasteiger partial charge on any atom is -0.507 e. The van der Waals surface area contributed by atoms with Crippen molar-refractivity contribution in [1.82, 2.24) is 0 Å². The van der Waals surface area contributed by atoms with E-state index in [2.05, 4.69) is 35.8 Å². The van der Waals surface area contributed by atoms with E-state index < -0.39 is 0 Å². The largest absolute Gasteiger partial charge is 0.507 e. The summed E-state index contributed by atoms with van der Waals surface area (Å²) in [5.41, 5.74) is 5.49. The van der Waals surface area contributed by atoms with Crippen LogP contribution in [0, 0.1) is 11.3 Å². The predicted octanol–water partition coefficient (Wildman–Crippen LogP) is 4.51. The second-order valence-electron chi connectivity index (χ2n) is 6.82. The van der Waals surface area contributed by atoms with E-state index in [1.807, 2.05) is 12.1 Å². The van der Waals surface area contributed by atoms with Gasteiger partial charge in [-0.05, 0) is 68.9 Å². The molecule has 0 unspecified atom stereocenters. The van der Waals surface area contributed by atoms with Crippen molar-refractivity contribution in [3.05, 3.63) is 68.2 Å². The van der Waals surface area contributed by atoms with Crippen LogP contribution in [-0.4, -0.2) is 10.9 Å². The summed E-state index contributed by atoms with van der Waals surface area (Å²) < 4.78 is 0.521. The first-order valence-corrected chi connectivity index (χ1v) is 8.48. The topological polar surface area (TPSA) is 61.1 Å². The number of nitriles is 1. The van der Waals surface area contributed by atoms with Gasteiger partial charge in [0.05, 0.1) is 16.1 Å². The van der Waals surface area contributed by atoms with E-state index in [1.165, 1.54) is 0 Å². The van der Waals surface area contributed by atoms with Gasteiger partial charge in [0.25, 0.3) is 0 Å². The predicted molar refractivity (Wildman–Crippen MR) is 94.9 cm³/mol. The normalized spacial score (nSPS) is 17.2. The van der Waals surface area contributed by atoms with E-state index >= 15 is 0 Å². The van der Waals surface area contributed by atoms with Crippen molar-refractivity contribution in [1.29, 1.82) is 5.26 Å². The number of hydrogen-bond donors (Lipinski definition) is 1. The lowest BCUT2D eigenvalue weighted by atomic mass is 9.68. The molecule has 0 saturated carbocycles. The van der Waals surface area contributed by atoms with Crippen LogP contribution in [0.2, 0.25) is 0 Å². The highest BCUT2D eigenvalue weighted by atomic mass is 79.9. The number of halogens is 1. The standard InChI is InChI=1S/C20H14BrNO2/c1-20(2)14-8-17(23)16(21)7-13(14)19(24)18-12-4-3-10(9-22)5-11(12)6-15(18)20/h3-5,7-8,23H,6H2,1-2H3. The fourth-order valence-electron chi connectivity index (χ4n) is 3.85. The molecule has 24 heavy (non-hydrogen) atoms. The number of hydrogen-bond acceptors (Lipinski definition) is 3. The number of benzene rings is 2. The quantitative estimate of drug-likeness (QED) is 0.732. The summed E-state index contributed by atoms with van der Waals surface area (Å²) in [5, 5.41) is 19.2. The number of aromatic hydroxyl groups is 1. The van der Waals surface area contributed by atoms with Crippen molar-refractivity contribution < 1.29 is 9.90 Å². The molecular weight excluding hydrogens is 366 g/mol. The first-order valence-electron chi connectivity index (χ1n) is 7.69. The second kappa shape index (κ2) is 4.81. The highest BCUT2D eigenvalue weighted by molar-refractivity contribution is 9.10. The number of Topliss-reactive ketones (excluding diaryl/α,β-unsaturated/α-hetero) is 1. The number of carbonyl (C=O) groups excluding carboxylic acids is 1. The van der Waals surface area contributed by atoms with E-state index in [1.54, 1.807) is 18.2 Å². The van der Waals surface area contributed by atoms with Gasteiger partial charge < -0.3 is 5.11 Å². The highest BCUT2D eigenvalue weighted by Crippen LogP contribution is 2.51. The Balaban J connectivity index is 1.98. The van der Waals surface area contributed by atoms with E-state index in [9.17, 15) is 9.90 Å². The molecule has 4 rings (SSSR count). The third-order valence-corrected chi connectivity index (χ3v) is 5.79. The van der Waals surface area contributed by atoms with Gasteiger partial charge in [0.2, 0.25) is 0 Å². The molecule has 0 amide bonds. The van der Waals surface area contributed by atoms with Gasteiger partial charge in [0.15, 0.2) is 5.78 Å². The molecule has 0 aliphatic heterocycles. The average Bonchev–Trinajstić information content (AvgIpc) is 2.94. The summed E-state index contributed by atoms with van der Waals surface area (Å²) in [6, 6.07) is 11.1. The number of phenolic OH excluding ortho intramolecular Hbond substituents is 1. The van der Waals surface area contributed by atoms with Crippen molar-refractivity contribution >= 4 is 27.3 Å². The highest BCUT2D eigenvalue weighted by Gasteiger charge is 2.43. The molecule has 3 nitrogen and oxygen atoms in total. The van der Waals surface area contributed by atoms with E-state index in [-0.39, 0.29) is 16.9 Å². The van der Waals surface area contributed by atoms with Crippen molar-refractivity contribution in [3.8, 4) is 11.8 Å². The zero-order valence-electron chi connectivity index (χ0n) is 13.3. The first kappa shape index (κ1) is 15.2. The molecule has 0 spiro atoms. The van der Waals surface area contributed by atoms with Crippen LogP contribution in [0.25, 0.3) is 5.57 Å². The molecular formula is C20H14BrNO2. The minimum atomic E-state index is -0.359. The van der Waals surface area contributed by atoms with Gasteiger partial charge in [-0.2, -0.15) is 5.26 Å². The van der Waals surface area contributed by atoms with Crippen LogP contribution in [0.5, 0.6) is 5.75 Å². The zero-order valence-corrected chi connectivity index (χ0v) is 14.9. The lowest BCUT2D eigenvalue weighted by molar-refractivity contribution is 0.105. The van der Waals surface area contributed by atoms with Crippen molar-refractivity contribution in [2.75, 3.05) is 0 Å². The lowest BCUT2D eigenvalue weighted by Gasteiger charge is -2.34. The minimum absolute atomic E-state index is 0.0107. The molecule has 118 valence electrons. The van der Waals surface area contributed by atoms with Crippen LogP contribution in [0.3, 0.4) is 0 Å². The molecule has 1 N–H and O–H groups in total. The number of ketones is 1. The Labute approximate surface area is 148 Å². The molecule has 0 heterocycles. The first-order chi connectivity index (χ1) is 11.3. The van der Waals surface area contributed by atoms with Crippen LogP contribution >= 0.6 is 15.9 Å². The van der Waals surface area contributed by atoms with Crippen molar-refractivity contribution in [2.45, 2.75) is 25.7 Å². The summed E-state index contributed by atoms with van der Waals surface area (Å²) in [6.07, 6.45) is 0.662. The van der Waals surface area contributed by atoms with E-state index in [4.69, 9.17) is 5.26 Å². The molecule has 0 fully saturated rings. The molecule has 0 aromatic heterocycles. The Hall–Kier alpha value is -2.38. The number of carbonyl (C=O) groups is 1. The Kier molecular flexibility index (Phi) is 3.04. The summed E-state index contributed by atoms with van der Waals surface area (Å²) in [5.74, 6) is 0.129. The van der Waals surface area contributed by atoms with Gasteiger partial charge in [0.1, 0.15) is 5.75 Å². The van der Waals surface area contributed by atoms with Crippen molar-refractivity contribution in [3.63, 3.8) is 0 Å². The molecule has 2 aliphatic rings. The SMILES string of the molecule is CC1(C)C2=C(C(=O)c3cc(Br)c(O)cc31)c1ccc(C#N)cc1C2. The Morgan fingerprint density at radius 3 is 2.67 bits per heavy atom. The van der Waals surface area contributed by atoms with Gasteiger partial charge in [-0.1, -0.05) is 19.9 Å². The third-order valence-electron chi connectivity index (χ3n) is 5.16. The van der Waals surface area contributed by atoms with Gasteiger partial charge in [-0.3, -0.25) is 4.79 Å². The third kappa shape index (κ3) is 1.85. The monoisotopic (exact) mass is 379 g/mol. The number of nitrogens with zero attached hydrogens (tertiary/aromatic N) is 1. The fourth-order valence-corrected chi connectivity index (χ4v) is 4.20. The summed E-state index contributed by atoms with van der Waals surface area (Å²) in [6.45, 7) is 4.16. The van der Waals surface area contributed by atoms with Crippen LogP contribution in [-0.2, 0) is 11.8 Å². The Morgan fingerprint density at radius 1 is 1.21 bits per heavy atom. The van der Waals surface area contributed by atoms with Gasteiger partial charge in [-0.15, -0.1) is 0 Å². The summed E-state index contributed by atoms with van der Waals surface area (Å²) >= 11 is 3.31. The zero-order chi connectivity index (χ0) is 17.2. The van der Waals surface area contributed by atoms with Crippen molar-refractivity contribution in [2.24, 2.45) is 0 Å². The van der Waals surface area contributed by atoms with Crippen LogP contribution < -0.4 is 0 Å². The number of allylic oxidation sites excluding steroid dienone is 2. The molecule has 2 aliphatic carbocycles. The molecule has 0 radical (unpaired) electrons. The fraction of sp³-hybridized carbons (Fsp3) is 0.200. The molecule has 2 aromatic rings. The van der Waals surface area contributed by atoms with Crippen LogP contribution in [0.1, 0.15) is 46.5 Å². The smallest absolute Gasteiger partial charge is 0.193 e. The Morgan fingerprint density at radius 2 is 1.96 bits per heavy atom. The van der Waals surface area contributed by atoms with E-state index in [0.717, 1.165) is 27.8 Å². The van der Waals surface area contributed by atoms with E-state index in [0.29, 0.717) is 22.0 Å². The molecule has 0 bridgehead atoms. The number of rotatable bonds is 0. The molecule has 0 atom stereocenters. The summed E-state index contributed by atoms with van der Waals surface area (Å²) in [7, 11) is 0. The molecule has 2 aromatic carbocycles. The number of fused-ring (bicyclic) bond motifs is 3.